The van der Waals surface area contributed by atoms with E-state index in [2.05, 4.69) is 46.7 Å². The van der Waals surface area contributed by atoms with Gasteiger partial charge in [0.25, 0.3) is 0 Å². The van der Waals surface area contributed by atoms with Crippen molar-refractivity contribution in [3.63, 3.8) is 0 Å². The van der Waals surface area contributed by atoms with Crippen LogP contribution >= 0.6 is 0 Å². The summed E-state index contributed by atoms with van der Waals surface area (Å²) in [4.78, 5) is 13.5. The molecule has 0 aliphatic carbocycles. The molecular weight excluding hydrogens is 370 g/mol. The molecule has 0 saturated carbocycles. The fourth-order valence-corrected chi connectivity index (χ4v) is 3.02. The van der Waals surface area contributed by atoms with E-state index in [9.17, 15) is 4.79 Å². The molecule has 0 radical (unpaired) electrons. The number of hydrogen-bond acceptors (Lipinski definition) is 6. The molecule has 0 saturated heterocycles. The lowest BCUT2D eigenvalue weighted by Gasteiger charge is -2.26. The summed E-state index contributed by atoms with van der Waals surface area (Å²) in [6.07, 6.45) is -0.243. The van der Waals surface area contributed by atoms with Gasteiger partial charge in [0, 0.05) is 5.56 Å². The molecule has 0 unspecified atom stereocenters. The van der Waals surface area contributed by atoms with Gasteiger partial charge in [0.15, 0.2) is 11.5 Å². The smallest absolute Gasteiger partial charge is 0.243 e. The summed E-state index contributed by atoms with van der Waals surface area (Å²) in [6, 6.07) is 15.5. The van der Waals surface area contributed by atoms with E-state index in [0.717, 1.165) is 11.3 Å². The van der Waals surface area contributed by atoms with Crippen LogP contribution in [-0.2, 0) is 11.3 Å². The van der Waals surface area contributed by atoms with E-state index in [1.54, 1.807) is 0 Å². The maximum absolute atomic E-state index is 12.2. The number of para-hydroxylation sites is 2. The zero-order valence-electron chi connectivity index (χ0n) is 16.4. The van der Waals surface area contributed by atoms with Gasteiger partial charge in [0.05, 0.1) is 6.54 Å². The number of rotatable bonds is 6. The number of carbonyl (C=O) groups is 1. The topological polar surface area (TPSA) is 91.2 Å². The Morgan fingerprint density at radius 2 is 1.93 bits per heavy atom. The first-order valence-electron chi connectivity index (χ1n) is 9.62. The molecule has 8 nitrogen and oxygen atoms in total. The van der Waals surface area contributed by atoms with Crippen molar-refractivity contribution in [2.24, 2.45) is 0 Å². The van der Waals surface area contributed by atoms with Gasteiger partial charge in [-0.05, 0) is 28.8 Å². The summed E-state index contributed by atoms with van der Waals surface area (Å²) >= 11 is 0. The molecule has 3 aromatic rings. The lowest BCUT2D eigenvalue weighted by Crippen LogP contribution is -2.41. The molecule has 1 aliphatic rings. The van der Waals surface area contributed by atoms with Gasteiger partial charge >= 0.3 is 0 Å². The number of aromatic nitrogens is 4. The predicted octanol–water partition coefficient (Wildman–Crippen LogP) is 2.42. The van der Waals surface area contributed by atoms with Gasteiger partial charge < -0.3 is 14.8 Å². The number of ether oxygens (including phenoxy) is 2. The monoisotopic (exact) mass is 393 g/mol. The van der Waals surface area contributed by atoms with Crippen molar-refractivity contribution in [3.8, 4) is 22.9 Å². The second-order valence-electron chi connectivity index (χ2n) is 7.22. The zero-order valence-corrected chi connectivity index (χ0v) is 16.4. The lowest BCUT2D eigenvalue weighted by atomic mass is 10.0. The largest absolute Gasteiger partial charge is 0.486 e. The van der Waals surface area contributed by atoms with E-state index < -0.39 is 0 Å². The van der Waals surface area contributed by atoms with Gasteiger partial charge in [-0.3, -0.25) is 4.79 Å². The fourth-order valence-electron chi connectivity index (χ4n) is 3.02. The SMILES string of the molecule is CC(C)c1ccc(-c2nnn(CC(=O)NC[C@H]3COc4ccccc4O3)n2)cc1. The summed E-state index contributed by atoms with van der Waals surface area (Å²) in [5.41, 5.74) is 2.12. The van der Waals surface area contributed by atoms with Crippen molar-refractivity contribution in [2.75, 3.05) is 13.2 Å². The predicted molar refractivity (Wildman–Crippen MR) is 107 cm³/mol. The van der Waals surface area contributed by atoms with E-state index in [1.165, 1.54) is 10.4 Å². The van der Waals surface area contributed by atoms with E-state index >= 15 is 0 Å². The van der Waals surface area contributed by atoms with Gasteiger partial charge in [-0.25, -0.2) is 0 Å². The molecule has 1 amide bonds. The van der Waals surface area contributed by atoms with Crippen LogP contribution in [0, 0.1) is 0 Å². The molecule has 0 fully saturated rings. The third kappa shape index (κ3) is 4.53. The Balaban J connectivity index is 1.29. The maximum Gasteiger partial charge on any atom is 0.243 e. The standard InChI is InChI=1S/C21H23N5O3/c1-14(2)15-7-9-16(10-8-15)21-23-25-26(24-21)12-20(27)22-11-17-13-28-18-5-3-4-6-19(18)29-17/h3-10,14,17H,11-13H2,1-2H3,(H,22,27)/t17-/m0/s1. The van der Waals surface area contributed by atoms with Gasteiger partial charge in [-0.2, -0.15) is 4.80 Å². The quantitative estimate of drug-likeness (QED) is 0.692. The minimum absolute atomic E-state index is 0.0127. The van der Waals surface area contributed by atoms with Gasteiger partial charge in [0.2, 0.25) is 11.7 Å². The van der Waals surface area contributed by atoms with Gasteiger partial charge in [-0.1, -0.05) is 50.2 Å². The molecule has 1 aromatic heterocycles. The van der Waals surface area contributed by atoms with Crippen LogP contribution in [0.1, 0.15) is 25.3 Å². The van der Waals surface area contributed by atoms with Crippen LogP contribution in [0.2, 0.25) is 0 Å². The highest BCUT2D eigenvalue weighted by atomic mass is 16.6. The van der Waals surface area contributed by atoms with Crippen LogP contribution in [0.4, 0.5) is 0 Å². The Morgan fingerprint density at radius 1 is 1.17 bits per heavy atom. The summed E-state index contributed by atoms with van der Waals surface area (Å²) in [5.74, 6) is 2.14. The highest BCUT2D eigenvalue weighted by Crippen LogP contribution is 2.30. The van der Waals surface area contributed by atoms with Gasteiger partial charge in [0.1, 0.15) is 19.3 Å². The van der Waals surface area contributed by atoms with Crippen molar-refractivity contribution in [1.29, 1.82) is 0 Å². The average Bonchev–Trinajstić information content (AvgIpc) is 3.20. The minimum atomic E-state index is -0.243. The highest BCUT2D eigenvalue weighted by Gasteiger charge is 2.21. The Bertz CT molecular complexity index is 984. The second-order valence-corrected chi connectivity index (χ2v) is 7.22. The van der Waals surface area contributed by atoms with Crippen molar-refractivity contribution >= 4 is 5.91 Å². The molecule has 1 aliphatic heterocycles. The Hall–Kier alpha value is -3.42. The summed E-state index contributed by atoms with van der Waals surface area (Å²) in [5, 5.41) is 15.1. The Kier molecular flexibility index (Phi) is 5.41. The molecule has 1 N–H and O–H groups in total. The second kappa shape index (κ2) is 8.30. The molecule has 0 bridgehead atoms. The van der Waals surface area contributed by atoms with E-state index in [1.807, 2.05) is 36.4 Å². The molecule has 29 heavy (non-hydrogen) atoms. The summed E-state index contributed by atoms with van der Waals surface area (Å²) in [6.45, 7) is 5.00. The number of fused-ring (bicyclic) bond motifs is 1. The van der Waals surface area contributed by atoms with E-state index in [4.69, 9.17) is 9.47 Å². The third-order valence-corrected chi connectivity index (χ3v) is 4.67. The number of amides is 1. The number of nitrogens with one attached hydrogen (secondary N) is 1. The number of hydrogen-bond donors (Lipinski definition) is 1. The van der Waals surface area contributed by atoms with Crippen LogP contribution in [0.3, 0.4) is 0 Å². The number of nitrogens with zero attached hydrogens (tertiary/aromatic N) is 4. The molecule has 150 valence electrons. The average molecular weight is 393 g/mol. The molecule has 4 rings (SSSR count). The molecular formula is C21H23N5O3. The Labute approximate surface area is 168 Å². The minimum Gasteiger partial charge on any atom is -0.486 e. The highest BCUT2D eigenvalue weighted by molar-refractivity contribution is 5.75. The van der Waals surface area contributed by atoms with Crippen LogP contribution < -0.4 is 14.8 Å². The first-order valence-corrected chi connectivity index (χ1v) is 9.62. The van der Waals surface area contributed by atoms with Crippen molar-refractivity contribution in [2.45, 2.75) is 32.4 Å². The molecule has 2 heterocycles. The third-order valence-electron chi connectivity index (χ3n) is 4.67. The molecule has 1 atom stereocenters. The van der Waals surface area contributed by atoms with Crippen molar-refractivity contribution in [1.82, 2.24) is 25.5 Å². The van der Waals surface area contributed by atoms with Crippen LogP contribution in [-0.4, -0.2) is 45.4 Å². The maximum atomic E-state index is 12.2. The van der Waals surface area contributed by atoms with Crippen LogP contribution in [0.25, 0.3) is 11.4 Å². The first-order chi connectivity index (χ1) is 14.1. The lowest BCUT2D eigenvalue weighted by molar-refractivity contribution is -0.122. The van der Waals surface area contributed by atoms with Crippen LogP contribution in [0.15, 0.2) is 48.5 Å². The zero-order chi connectivity index (χ0) is 20.2. The van der Waals surface area contributed by atoms with E-state index in [0.29, 0.717) is 30.6 Å². The molecule has 8 heteroatoms. The normalized spacial score (nSPS) is 15.3. The van der Waals surface area contributed by atoms with Crippen molar-refractivity contribution in [3.05, 3.63) is 54.1 Å². The Morgan fingerprint density at radius 3 is 2.69 bits per heavy atom. The van der Waals surface area contributed by atoms with Crippen molar-refractivity contribution < 1.29 is 14.3 Å². The number of carbonyl (C=O) groups excluding carboxylic acids is 1. The molecule has 2 aromatic carbocycles. The molecule has 0 spiro atoms. The summed E-state index contributed by atoms with van der Waals surface area (Å²) in [7, 11) is 0. The summed E-state index contributed by atoms with van der Waals surface area (Å²) < 4.78 is 11.5. The van der Waals surface area contributed by atoms with Crippen LogP contribution in [0.5, 0.6) is 11.5 Å². The fraction of sp³-hybridized carbons (Fsp3) is 0.333. The number of tetrazole rings is 1. The first kappa shape index (κ1) is 18.9. The number of benzene rings is 2. The van der Waals surface area contributed by atoms with E-state index in [-0.39, 0.29) is 18.6 Å². The van der Waals surface area contributed by atoms with Gasteiger partial charge in [-0.15, -0.1) is 10.2 Å².